The van der Waals surface area contributed by atoms with Crippen molar-refractivity contribution in [3.8, 4) is 0 Å². The molecule has 0 aliphatic carbocycles. The van der Waals surface area contributed by atoms with Crippen molar-refractivity contribution in [1.29, 1.82) is 0 Å². The van der Waals surface area contributed by atoms with Gasteiger partial charge in [0.05, 0.1) is 0 Å². The average molecular weight is 284 g/mol. The molecule has 1 aromatic carbocycles. The molecule has 0 unspecified atom stereocenters. The normalized spacial score (nSPS) is 10.6. The summed E-state index contributed by atoms with van der Waals surface area (Å²) in [5, 5.41) is 0. The summed E-state index contributed by atoms with van der Waals surface area (Å²) in [6.07, 6.45) is 0.630. The second-order valence-corrected chi connectivity index (χ2v) is 4.07. The Morgan fingerprint density at radius 3 is 1.80 bits per heavy atom. The van der Waals surface area contributed by atoms with Crippen molar-refractivity contribution in [2.24, 2.45) is 0 Å². The number of ether oxygens (including phenoxy) is 4. The van der Waals surface area contributed by atoms with Crippen molar-refractivity contribution in [2.45, 2.75) is 39.8 Å². The highest BCUT2D eigenvalue weighted by molar-refractivity contribution is 5.14. The molecule has 0 N–H and O–H groups in total. The fourth-order valence-electron chi connectivity index (χ4n) is 1.59. The summed E-state index contributed by atoms with van der Waals surface area (Å²) in [7, 11) is 3.30. The fourth-order valence-corrected chi connectivity index (χ4v) is 1.59. The summed E-state index contributed by atoms with van der Waals surface area (Å²) in [4.78, 5) is 0. The first-order valence-electron chi connectivity index (χ1n) is 7.00. The molecule has 0 aromatic heterocycles. The van der Waals surface area contributed by atoms with Crippen LogP contribution in [0.15, 0.2) is 30.3 Å². The highest BCUT2D eigenvalue weighted by Gasteiger charge is 2.04. The van der Waals surface area contributed by atoms with Gasteiger partial charge in [-0.15, -0.1) is 0 Å². The molecule has 0 heterocycles. The summed E-state index contributed by atoms with van der Waals surface area (Å²) in [6.45, 7) is 7.25. The molecule has 0 aliphatic heterocycles. The van der Waals surface area contributed by atoms with Gasteiger partial charge in [-0.05, 0) is 26.3 Å². The maximum Gasteiger partial charge on any atom is 0.160 e. The molecule has 0 saturated carbocycles. The van der Waals surface area contributed by atoms with Gasteiger partial charge in [-0.2, -0.15) is 0 Å². The molecule has 0 amide bonds. The van der Waals surface area contributed by atoms with Gasteiger partial charge in [-0.3, -0.25) is 0 Å². The van der Waals surface area contributed by atoms with Gasteiger partial charge < -0.3 is 18.9 Å². The fraction of sp³-hybridized carbons (Fsp3) is 0.625. The van der Waals surface area contributed by atoms with E-state index in [0.717, 1.165) is 19.6 Å². The molecular formula is C16H28O4. The lowest BCUT2D eigenvalue weighted by atomic mass is 10.1. The third-order valence-corrected chi connectivity index (χ3v) is 2.57. The van der Waals surface area contributed by atoms with Crippen LogP contribution in [0.5, 0.6) is 0 Å². The van der Waals surface area contributed by atoms with Gasteiger partial charge in [0.2, 0.25) is 0 Å². The molecule has 0 aliphatic rings. The summed E-state index contributed by atoms with van der Waals surface area (Å²) in [5.74, 6) is 0. The first kappa shape index (κ1) is 19.1. The number of hydrogen-bond donors (Lipinski definition) is 0. The van der Waals surface area contributed by atoms with E-state index < -0.39 is 0 Å². The van der Waals surface area contributed by atoms with E-state index in [4.69, 9.17) is 18.9 Å². The zero-order chi connectivity index (χ0) is 15.2. The van der Waals surface area contributed by atoms with Crippen molar-refractivity contribution in [1.82, 2.24) is 0 Å². The van der Waals surface area contributed by atoms with Gasteiger partial charge in [-0.25, -0.2) is 0 Å². The Kier molecular flexibility index (Phi) is 12.4. The number of methoxy groups -OCH3 is 2. The second kappa shape index (κ2) is 13.1. The minimum Gasteiger partial charge on any atom is -0.356 e. The third-order valence-electron chi connectivity index (χ3n) is 2.57. The summed E-state index contributed by atoms with van der Waals surface area (Å²) < 4.78 is 20.3. The number of hydrogen-bond acceptors (Lipinski definition) is 4. The molecule has 4 heteroatoms. The van der Waals surface area contributed by atoms with Crippen LogP contribution < -0.4 is 0 Å². The summed E-state index contributed by atoms with van der Waals surface area (Å²) >= 11 is 0. The van der Waals surface area contributed by atoms with Gasteiger partial charge in [-0.1, -0.05) is 30.3 Å². The maximum absolute atomic E-state index is 5.08. The van der Waals surface area contributed by atoms with E-state index in [1.54, 1.807) is 14.2 Å². The van der Waals surface area contributed by atoms with Crippen LogP contribution in [0, 0.1) is 0 Å². The Hall–Kier alpha value is -0.940. The van der Waals surface area contributed by atoms with Crippen LogP contribution in [0.1, 0.15) is 26.3 Å². The van der Waals surface area contributed by atoms with Crippen LogP contribution >= 0.6 is 0 Å². The van der Waals surface area contributed by atoms with E-state index in [1.807, 2.05) is 39.0 Å². The monoisotopic (exact) mass is 284 g/mol. The Morgan fingerprint density at radius 2 is 1.40 bits per heavy atom. The van der Waals surface area contributed by atoms with Crippen molar-refractivity contribution < 1.29 is 18.9 Å². The lowest BCUT2D eigenvalue weighted by Gasteiger charge is -2.12. The van der Waals surface area contributed by atoms with Gasteiger partial charge >= 0.3 is 0 Å². The lowest BCUT2D eigenvalue weighted by Crippen LogP contribution is -2.15. The van der Waals surface area contributed by atoms with Crippen LogP contribution in [-0.4, -0.2) is 40.0 Å². The average Bonchev–Trinajstić information content (AvgIpc) is 2.47. The van der Waals surface area contributed by atoms with E-state index in [0.29, 0.717) is 0 Å². The third kappa shape index (κ3) is 9.92. The molecule has 0 saturated heterocycles. The molecule has 0 atom stereocenters. The molecule has 1 rings (SSSR count). The van der Waals surface area contributed by atoms with E-state index >= 15 is 0 Å². The van der Waals surface area contributed by atoms with Crippen LogP contribution in [0.25, 0.3) is 0 Å². The van der Waals surface area contributed by atoms with E-state index in [9.17, 15) is 0 Å². The molecule has 0 bridgehead atoms. The van der Waals surface area contributed by atoms with E-state index in [1.165, 1.54) is 5.56 Å². The Morgan fingerprint density at radius 1 is 0.900 bits per heavy atom. The largest absolute Gasteiger partial charge is 0.356 e. The lowest BCUT2D eigenvalue weighted by molar-refractivity contribution is -0.123. The highest BCUT2D eigenvalue weighted by Crippen LogP contribution is 2.05. The molecule has 4 nitrogen and oxygen atoms in total. The number of rotatable bonds is 8. The van der Waals surface area contributed by atoms with Gasteiger partial charge in [0, 0.05) is 33.9 Å². The predicted molar refractivity (Wildman–Crippen MR) is 80.7 cm³/mol. The minimum atomic E-state index is -0.132. The number of benzene rings is 1. The Bertz CT molecular complexity index is 293. The second-order valence-electron chi connectivity index (χ2n) is 4.07. The Labute approximate surface area is 123 Å². The molecule has 0 spiro atoms. The standard InChI is InChI=1S/C10H14O2.C6H14O2/c1-11-10(12-2)8-9-6-4-3-5-7-9;1-4-7-6(3)8-5-2/h3-7,10H,8H2,1-2H3;6H,4-5H2,1-3H3. The van der Waals surface area contributed by atoms with Crippen LogP contribution in [0.2, 0.25) is 0 Å². The molecule has 0 radical (unpaired) electrons. The zero-order valence-electron chi connectivity index (χ0n) is 13.3. The molecule has 20 heavy (non-hydrogen) atoms. The summed E-state index contributed by atoms with van der Waals surface area (Å²) in [6, 6.07) is 10.1. The van der Waals surface area contributed by atoms with Crippen LogP contribution in [0.3, 0.4) is 0 Å². The quantitative estimate of drug-likeness (QED) is 0.687. The molecular weight excluding hydrogens is 256 g/mol. The molecule has 0 fully saturated rings. The predicted octanol–water partition coefficient (Wildman–Crippen LogP) is 3.25. The minimum absolute atomic E-state index is 0.0370. The molecule has 116 valence electrons. The SMILES string of the molecule is CCOC(C)OCC.COC(Cc1ccccc1)OC. The highest BCUT2D eigenvalue weighted by atomic mass is 16.7. The first-order valence-corrected chi connectivity index (χ1v) is 7.00. The first-order chi connectivity index (χ1) is 9.67. The van der Waals surface area contributed by atoms with Crippen LogP contribution in [0.4, 0.5) is 0 Å². The van der Waals surface area contributed by atoms with E-state index in [2.05, 4.69) is 12.1 Å². The van der Waals surface area contributed by atoms with Crippen LogP contribution in [-0.2, 0) is 25.4 Å². The Balaban J connectivity index is 0.000000396. The summed E-state index contributed by atoms with van der Waals surface area (Å²) in [5.41, 5.74) is 1.23. The van der Waals surface area contributed by atoms with E-state index in [-0.39, 0.29) is 12.6 Å². The van der Waals surface area contributed by atoms with Crippen molar-refractivity contribution >= 4 is 0 Å². The van der Waals surface area contributed by atoms with Gasteiger partial charge in [0.15, 0.2) is 12.6 Å². The van der Waals surface area contributed by atoms with Crippen molar-refractivity contribution in [2.75, 3.05) is 27.4 Å². The topological polar surface area (TPSA) is 36.9 Å². The smallest absolute Gasteiger partial charge is 0.160 e. The zero-order valence-corrected chi connectivity index (χ0v) is 13.3. The van der Waals surface area contributed by atoms with Crippen molar-refractivity contribution in [3.05, 3.63) is 35.9 Å². The maximum atomic E-state index is 5.08. The van der Waals surface area contributed by atoms with Gasteiger partial charge in [0.25, 0.3) is 0 Å². The molecule has 1 aromatic rings. The van der Waals surface area contributed by atoms with Crippen molar-refractivity contribution in [3.63, 3.8) is 0 Å². The van der Waals surface area contributed by atoms with Gasteiger partial charge in [0.1, 0.15) is 0 Å².